The maximum Gasteiger partial charge on any atom is 0.416 e. The highest BCUT2D eigenvalue weighted by molar-refractivity contribution is 7.99. The molecule has 2 nitrogen and oxygen atoms in total. The molecule has 0 aliphatic heterocycles. The zero-order valence-corrected chi connectivity index (χ0v) is 14.0. The molecule has 2 aromatic rings. The first-order valence-corrected chi connectivity index (χ1v) is 8.20. The molecule has 24 heavy (non-hydrogen) atoms. The van der Waals surface area contributed by atoms with Gasteiger partial charge in [0.25, 0.3) is 0 Å². The molecule has 0 fully saturated rings. The van der Waals surface area contributed by atoms with E-state index in [1.54, 1.807) is 12.1 Å². The standard InChI is InChI=1S/C17H14ClF3O2S/c1-11(10-24-16-7-4-13(18)8-15(16)22)9-23-14-5-2-12(3-6-14)17(19,20)21/h2-8,22H,1,9-10H2. The molecule has 1 N–H and O–H groups in total. The zero-order valence-electron chi connectivity index (χ0n) is 12.4. The number of aromatic hydroxyl groups is 1. The van der Waals surface area contributed by atoms with Gasteiger partial charge in [0.05, 0.1) is 5.56 Å². The Morgan fingerprint density at radius 1 is 1.17 bits per heavy atom. The van der Waals surface area contributed by atoms with Crippen LogP contribution < -0.4 is 4.74 Å². The van der Waals surface area contributed by atoms with Gasteiger partial charge in [-0.15, -0.1) is 11.8 Å². The highest BCUT2D eigenvalue weighted by Gasteiger charge is 2.29. The number of rotatable bonds is 6. The van der Waals surface area contributed by atoms with Crippen LogP contribution in [0, 0.1) is 0 Å². The largest absolute Gasteiger partial charge is 0.507 e. The van der Waals surface area contributed by atoms with Crippen LogP contribution in [0.25, 0.3) is 0 Å². The predicted octanol–water partition coefficient (Wildman–Crippen LogP) is 5.79. The Kier molecular flexibility index (Phi) is 6.07. The van der Waals surface area contributed by atoms with Gasteiger partial charge in [-0.3, -0.25) is 0 Å². The van der Waals surface area contributed by atoms with Gasteiger partial charge in [-0.1, -0.05) is 18.2 Å². The Morgan fingerprint density at radius 2 is 1.83 bits per heavy atom. The van der Waals surface area contributed by atoms with E-state index in [0.717, 1.165) is 17.7 Å². The minimum Gasteiger partial charge on any atom is -0.507 e. The molecule has 0 atom stereocenters. The molecule has 0 unspecified atom stereocenters. The van der Waals surface area contributed by atoms with Gasteiger partial charge in [0.15, 0.2) is 0 Å². The lowest BCUT2D eigenvalue weighted by atomic mass is 10.2. The van der Waals surface area contributed by atoms with E-state index in [0.29, 0.717) is 21.4 Å². The van der Waals surface area contributed by atoms with Crippen LogP contribution in [0.2, 0.25) is 5.02 Å². The molecule has 128 valence electrons. The van der Waals surface area contributed by atoms with Crippen molar-refractivity contribution in [1.29, 1.82) is 0 Å². The van der Waals surface area contributed by atoms with Gasteiger partial charge in [0.1, 0.15) is 18.1 Å². The van der Waals surface area contributed by atoms with E-state index in [9.17, 15) is 18.3 Å². The number of ether oxygens (including phenoxy) is 1. The molecule has 7 heteroatoms. The Hall–Kier alpha value is -1.79. The third-order valence-electron chi connectivity index (χ3n) is 2.98. The third kappa shape index (κ3) is 5.39. The SMILES string of the molecule is C=C(COc1ccc(C(F)(F)F)cc1)CSc1ccc(Cl)cc1O. The van der Waals surface area contributed by atoms with Crippen LogP contribution in [0.4, 0.5) is 13.2 Å². The van der Waals surface area contributed by atoms with Crippen molar-refractivity contribution in [1.82, 2.24) is 0 Å². The number of halogens is 4. The Bertz CT molecular complexity index is 715. The minimum absolute atomic E-state index is 0.0870. The summed E-state index contributed by atoms with van der Waals surface area (Å²) in [7, 11) is 0. The van der Waals surface area contributed by atoms with Crippen LogP contribution in [-0.4, -0.2) is 17.5 Å². The molecule has 0 bridgehead atoms. The van der Waals surface area contributed by atoms with Crippen LogP contribution in [0.15, 0.2) is 59.5 Å². The first kappa shape index (κ1) is 18.5. The first-order chi connectivity index (χ1) is 11.3. The number of hydrogen-bond donors (Lipinski definition) is 1. The molecule has 0 saturated heterocycles. The smallest absolute Gasteiger partial charge is 0.416 e. The fourth-order valence-corrected chi connectivity index (χ4v) is 2.74. The molecule has 0 aromatic heterocycles. The lowest BCUT2D eigenvalue weighted by molar-refractivity contribution is -0.137. The van der Waals surface area contributed by atoms with Crippen molar-refractivity contribution in [2.45, 2.75) is 11.1 Å². The molecule has 0 amide bonds. The van der Waals surface area contributed by atoms with Crippen molar-refractivity contribution in [2.24, 2.45) is 0 Å². The summed E-state index contributed by atoms with van der Waals surface area (Å²) in [5.74, 6) is 0.919. The first-order valence-electron chi connectivity index (χ1n) is 6.84. The summed E-state index contributed by atoms with van der Waals surface area (Å²) in [6.07, 6.45) is -4.36. The topological polar surface area (TPSA) is 29.5 Å². The van der Waals surface area contributed by atoms with Crippen LogP contribution in [0.1, 0.15) is 5.56 Å². The van der Waals surface area contributed by atoms with E-state index in [1.165, 1.54) is 30.0 Å². The quantitative estimate of drug-likeness (QED) is 0.512. The Balaban J connectivity index is 1.83. The van der Waals surface area contributed by atoms with Crippen molar-refractivity contribution in [3.63, 3.8) is 0 Å². The van der Waals surface area contributed by atoms with E-state index in [4.69, 9.17) is 16.3 Å². The maximum atomic E-state index is 12.5. The molecule has 0 spiro atoms. The fourth-order valence-electron chi connectivity index (χ4n) is 1.76. The number of hydrogen-bond acceptors (Lipinski definition) is 3. The number of thioether (sulfide) groups is 1. The second kappa shape index (κ2) is 7.85. The normalized spacial score (nSPS) is 11.3. The maximum absolute atomic E-state index is 12.5. The van der Waals surface area contributed by atoms with E-state index < -0.39 is 11.7 Å². The molecule has 0 heterocycles. The average molecular weight is 375 g/mol. The minimum atomic E-state index is -4.36. The van der Waals surface area contributed by atoms with Gasteiger partial charge in [0.2, 0.25) is 0 Å². The van der Waals surface area contributed by atoms with Crippen LogP contribution >= 0.6 is 23.4 Å². The summed E-state index contributed by atoms with van der Waals surface area (Å²) in [4.78, 5) is 0.662. The van der Waals surface area contributed by atoms with Crippen LogP contribution in [0.3, 0.4) is 0 Å². The number of benzene rings is 2. The van der Waals surface area contributed by atoms with Crippen molar-refractivity contribution in [3.8, 4) is 11.5 Å². The lowest BCUT2D eigenvalue weighted by Gasteiger charge is -2.11. The van der Waals surface area contributed by atoms with E-state index in [1.807, 2.05) is 0 Å². The van der Waals surface area contributed by atoms with Gasteiger partial charge < -0.3 is 9.84 Å². The highest BCUT2D eigenvalue weighted by atomic mass is 35.5. The monoisotopic (exact) mass is 374 g/mol. The molecule has 0 saturated carbocycles. The van der Waals surface area contributed by atoms with Crippen molar-refractivity contribution in [3.05, 3.63) is 65.2 Å². The van der Waals surface area contributed by atoms with Gasteiger partial charge in [-0.05, 0) is 48.0 Å². The van der Waals surface area contributed by atoms with Gasteiger partial charge in [-0.2, -0.15) is 13.2 Å². The Morgan fingerprint density at radius 3 is 2.42 bits per heavy atom. The molecule has 0 aliphatic rings. The summed E-state index contributed by atoms with van der Waals surface area (Å²) in [5, 5.41) is 10.2. The van der Waals surface area contributed by atoms with Gasteiger partial charge in [0, 0.05) is 15.7 Å². The van der Waals surface area contributed by atoms with Crippen molar-refractivity contribution >= 4 is 23.4 Å². The van der Waals surface area contributed by atoms with E-state index >= 15 is 0 Å². The lowest BCUT2D eigenvalue weighted by Crippen LogP contribution is -2.05. The molecular formula is C17H14ClF3O2S. The fraction of sp³-hybridized carbons (Fsp3) is 0.176. The van der Waals surface area contributed by atoms with Crippen molar-refractivity contribution < 1.29 is 23.0 Å². The second-order valence-corrected chi connectivity index (χ2v) is 6.42. The molecule has 2 aromatic carbocycles. The predicted molar refractivity (Wildman–Crippen MR) is 89.9 cm³/mol. The van der Waals surface area contributed by atoms with E-state index in [-0.39, 0.29) is 12.4 Å². The van der Waals surface area contributed by atoms with E-state index in [2.05, 4.69) is 6.58 Å². The summed E-state index contributed by atoms with van der Waals surface area (Å²) in [5.41, 5.74) is 0.0108. The summed E-state index contributed by atoms with van der Waals surface area (Å²) >= 11 is 7.13. The van der Waals surface area contributed by atoms with Crippen molar-refractivity contribution in [2.75, 3.05) is 12.4 Å². The molecule has 0 radical (unpaired) electrons. The number of phenolic OH excluding ortho intramolecular Hbond substituents is 1. The number of phenols is 1. The summed E-state index contributed by atoms with van der Waals surface area (Å²) in [6, 6.07) is 9.31. The summed E-state index contributed by atoms with van der Waals surface area (Å²) in [6.45, 7) is 4.03. The van der Waals surface area contributed by atoms with Gasteiger partial charge in [-0.25, -0.2) is 0 Å². The molecule has 0 aliphatic carbocycles. The summed E-state index contributed by atoms with van der Waals surface area (Å²) < 4.78 is 42.8. The second-order valence-electron chi connectivity index (χ2n) is 4.96. The third-order valence-corrected chi connectivity index (χ3v) is 4.42. The zero-order chi connectivity index (χ0) is 17.7. The molecule has 2 rings (SSSR count). The van der Waals surface area contributed by atoms with Crippen LogP contribution in [0.5, 0.6) is 11.5 Å². The van der Waals surface area contributed by atoms with Gasteiger partial charge >= 0.3 is 6.18 Å². The van der Waals surface area contributed by atoms with Crippen LogP contribution in [-0.2, 0) is 6.18 Å². The average Bonchev–Trinajstić information content (AvgIpc) is 2.51. The molecular weight excluding hydrogens is 361 g/mol. The number of alkyl halides is 3. The Labute approximate surface area is 146 Å². The highest BCUT2D eigenvalue weighted by Crippen LogP contribution is 2.32.